The summed E-state index contributed by atoms with van der Waals surface area (Å²) in [6, 6.07) is 6.43. The molecule has 0 bridgehead atoms. The predicted molar refractivity (Wildman–Crippen MR) is 76.6 cm³/mol. The quantitative estimate of drug-likeness (QED) is 0.897. The third kappa shape index (κ3) is 2.15. The Morgan fingerprint density at radius 1 is 1.33 bits per heavy atom. The summed E-state index contributed by atoms with van der Waals surface area (Å²) in [4.78, 5) is 4.77. The zero-order valence-electron chi connectivity index (χ0n) is 11.8. The fraction of sp³-hybridized carbons (Fsp3) is 0.533. The maximum Gasteiger partial charge on any atom is 0.129 e. The summed E-state index contributed by atoms with van der Waals surface area (Å²) < 4.78 is 2.28. The SMILES string of the molecule is CCCn1c(C(C)(N)CC)nc2cc(C)ccc21. The van der Waals surface area contributed by atoms with Crippen LogP contribution in [0.25, 0.3) is 11.0 Å². The molecule has 0 amide bonds. The second-order valence-electron chi connectivity index (χ2n) is 5.35. The van der Waals surface area contributed by atoms with Crippen LogP contribution in [0.15, 0.2) is 18.2 Å². The third-order valence-electron chi connectivity index (χ3n) is 3.60. The van der Waals surface area contributed by atoms with Crippen molar-refractivity contribution in [1.29, 1.82) is 0 Å². The van der Waals surface area contributed by atoms with Gasteiger partial charge in [0.25, 0.3) is 0 Å². The van der Waals surface area contributed by atoms with Crippen LogP contribution in [0.1, 0.15) is 45.0 Å². The summed E-state index contributed by atoms with van der Waals surface area (Å²) in [7, 11) is 0. The summed E-state index contributed by atoms with van der Waals surface area (Å²) in [5.74, 6) is 1.01. The van der Waals surface area contributed by atoms with Gasteiger partial charge in [-0.15, -0.1) is 0 Å². The number of rotatable bonds is 4. The lowest BCUT2D eigenvalue weighted by atomic mass is 9.99. The van der Waals surface area contributed by atoms with Crippen molar-refractivity contribution in [3.05, 3.63) is 29.6 Å². The van der Waals surface area contributed by atoms with Crippen LogP contribution in [0, 0.1) is 6.92 Å². The first-order valence-electron chi connectivity index (χ1n) is 6.76. The van der Waals surface area contributed by atoms with E-state index in [4.69, 9.17) is 10.7 Å². The van der Waals surface area contributed by atoms with Crippen molar-refractivity contribution in [2.75, 3.05) is 0 Å². The van der Waals surface area contributed by atoms with E-state index in [0.717, 1.165) is 30.7 Å². The van der Waals surface area contributed by atoms with Crippen LogP contribution >= 0.6 is 0 Å². The lowest BCUT2D eigenvalue weighted by molar-refractivity contribution is 0.422. The lowest BCUT2D eigenvalue weighted by Crippen LogP contribution is -2.35. The normalized spacial score (nSPS) is 14.9. The van der Waals surface area contributed by atoms with Crippen LogP contribution in [-0.4, -0.2) is 9.55 Å². The van der Waals surface area contributed by atoms with Gasteiger partial charge in [-0.2, -0.15) is 0 Å². The molecule has 1 aromatic carbocycles. The fourth-order valence-electron chi connectivity index (χ4n) is 2.28. The van der Waals surface area contributed by atoms with E-state index in [0.29, 0.717) is 0 Å². The first kappa shape index (κ1) is 13.1. The Labute approximate surface area is 109 Å². The lowest BCUT2D eigenvalue weighted by Gasteiger charge is -2.23. The molecule has 18 heavy (non-hydrogen) atoms. The van der Waals surface area contributed by atoms with Crippen LogP contribution in [0.2, 0.25) is 0 Å². The Kier molecular flexibility index (Phi) is 3.44. The highest BCUT2D eigenvalue weighted by molar-refractivity contribution is 5.77. The molecule has 0 aliphatic carbocycles. The van der Waals surface area contributed by atoms with Crippen molar-refractivity contribution < 1.29 is 0 Å². The van der Waals surface area contributed by atoms with Gasteiger partial charge in [-0.1, -0.05) is 19.9 Å². The molecule has 0 radical (unpaired) electrons. The topological polar surface area (TPSA) is 43.8 Å². The van der Waals surface area contributed by atoms with E-state index in [1.165, 1.54) is 11.1 Å². The number of imidazole rings is 1. The largest absolute Gasteiger partial charge is 0.326 e. The monoisotopic (exact) mass is 245 g/mol. The Morgan fingerprint density at radius 2 is 2.06 bits per heavy atom. The molecule has 1 heterocycles. The molecule has 0 spiro atoms. The van der Waals surface area contributed by atoms with Crippen molar-refractivity contribution >= 4 is 11.0 Å². The number of aryl methyl sites for hydroxylation is 2. The molecule has 0 saturated carbocycles. The maximum atomic E-state index is 6.39. The third-order valence-corrected chi connectivity index (χ3v) is 3.60. The summed E-state index contributed by atoms with van der Waals surface area (Å²) in [6.45, 7) is 9.43. The fourth-order valence-corrected chi connectivity index (χ4v) is 2.28. The van der Waals surface area contributed by atoms with Crippen LogP contribution in [0.4, 0.5) is 0 Å². The van der Waals surface area contributed by atoms with E-state index in [1.807, 2.05) is 0 Å². The van der Waals surface area contributed by atoms with Gasteiger partial charge in [0.2, 0.25) is 0 Å². The van der Waals surface area contributed by atoms with Gasteiger partial charge < -0.3 is 10.3 Å². The summed E-state index contributed by atoms with van der Waals surface area (Å²) in [6.07, 6.45) is 1.98. The molecule has 98 valence electrons. The van der Waals surface area contributed by atoms with Gasteiger partial charge in [0.05, 0.1) is 16.6 Å². The van der Waals surface area contributed by atoms with Crippen LogP contribution in [0.5, 0.6) is 0 Å². The van der Waals surface area contributed by atoms with Gasteiger partial charge >= 0.3 is 0 Å². The van der Waals surface area contributed by atoms with E-state index in [-0.39, 0.29) is 5.54 Å². The zero-order chi connectivity index (χ0) is 13.3. The molecular formula is C15H23N3. The van der Waals surface area contributed by atoms with E-state index in [1.54, 1.807) is 0 Å². The predicted octanol–water partition coefficient (Wildman–Crippen LogP) is 3.34. The van der Waals surface area contributed by atoms with Crippen molar-refractivity contribution in [1.82, 2.24) is 9.55 Å². The molecule has 2 rings (SSSR count). The highest BCUT2D eigenvalue weighted by atomic mass is 15.1. The summed E-state index contributed by atoms with van der Waals surface area (Å²) in [5, 5.41) is 0. The van der Waals surface area contributed by atoms with Crippen LogP contribution in [0.3, 0.4) is 0 Å². The van der Waals surface area contributed by atoms with E-state index in [9.17, 15) is 0 Å². The molecule has 1 atom stereocenters. The Balaban J connectivity index is 2.68. The van der Waals surface area contributed by atoms with Gasteiger partial charge in [0.1, 0.15) is 5.82 Å². The molecule has 3 heteroatoms. The van der Waals surface area contributed by atoms with Gasteiger partial charge in [-0.25, -0.2) is 4.98 Å². The van der Waals surface area contributed by atoms with Crippen LogP contribution in [-0.2, 0) is 12.1 Å². The second-order valence-corrected chi connectivity index (χ2v) is 5.35. The van der Waals surface area contributed by atoms with E-state index < -0.39 is 0 Å². The summed E-state index contributed by atoms with van der Waals surface area (Å²) in [5.41, 5.74) is 9.52. The molecule has 0 saturated heterocycles. The Bertz CT molecular complexity index is 552. The first-order chi connectivity index (χ1) is 8.49. The molecule has 0 aliphatic heterocycles. The second kappa shape index (κ2) is 4.73. The van der Waals surface area contributed by atoms with Gasteiger partial charge in [-0.05, 0) is 44.4 Å². The van der Waals surface area contributed by atoms with Gasteiger partial charge in [-0.3, -0.25) is 0 Å². The molecule has 0 fully saturated rings. The molecule has 3 nitrogen and oxygen atoms in total. The van der Waals surface area contributed by atoms with Crippen molar-refractivity contribution in [3.63, 3.8) is 0 Å². The average Bonchev–Trinajstić information content (AvgIpc) is 2.68. The number of hydrogen-bond donors (Lipinski definition) is 1. The Morgan fingerprint density at radius 3 is 2.67 bits per heavy atom. The maximum absolute atomic E-state index is 6.39. The minimum absolute atomic E-state index is 0.359. The molecule has 2 N–H and O–H groups in total. The van der Waals surface area contributed by atoms with E-state index >= 15 is 0 Å². The Hall–Kier alpha value is -1.35. The first-order valence-corrected chi connectivity index (χ1v) is 6.76. The smallest absolute Gasteiger partial charge is 0.129 e. The van der Waals surface area contributed by atoms with Crippen LogP contribution < -0.4 is 5.73 Å². The number of fused-ring (bicyclic) bond motifs is 1. The highest BCUT2D eigenvalue weighted by Crippen LogP contribution is 2.26. The number of nitrogens with two attached hydrogens (primary N) is 1. The van der Waals surface area contributed by atoms with Crippen molar-refractivity contribution in [3.8, 4) is 0 Å². The molecular weight excluding hydrogens is 222 g/mol. The average molecular weight is 245 g/mol. The van der Waals surface area contributed by atoms with Gasteiger partial charge in [0.15, 0.2) is 0 Å². The zero-order valence-corrected chi connectivity index (χ0v) is 11.8. The minimum atomic E-state index is -0.359. The number of aromatic nitrogens is 2. The van der Waals surface area contributed by atoms with Crippen molar-refractivity contribution in [2.24, 2.45) is 5.73 Å². The molecule has 1 aromatic heterocycles. The highest BCUT2D eigenvalue weighted by Gasteiger charge is 2.26. The summed E-state index contributed by atoms with van der Waals surface area (Å²) >= 11 is 0. The van der Waals surface area contributed by atoms with Gasteiger partial charge in [0, 0.05) is 6.54 Å². The van der Waals surface area contributed by atoms with E-state index in [2.05, 4.69) is 50.5 Å². The molecule has 0 aliphatic rings. The minimum Gasteiger partial charge on any atom is -0.326 e. The number of benzene rings is 1. The molecule has 2 aromatic rings. The molecule has 1 unspecified atom stereocenters. The number of hydrogen-bond acceptors (Lipinski definition) is 2. The standard InChI is InChI=1S/C15H23N3/c1-5-9-18-13-8-7-11(3)10-12(13)17-14(18)15(4,16)6-2/h7-8,10H,5-6,9,16H2,1-4H3. The number of nitrogens with zero attached hydrogens (tertiary/aromatic N) is 2. The van der Waals surface area contributed by atoms with Crippen molar-refractivity contribution in [2.45, 2.75) is 52.6 Å².